The van der Waals surface area contributed by atoms with Crippen LogP contribution in [-0.2, 0) is 9.53 Å². The van der Waals surface area contributed by atoms with Gasteiger partial charge in [-0.1, -0.05) is 0 Å². The number of esters is 1. The summed E-state index contributed by atoms with van der Waals surface area (Å²) in [5, 5.41) is -3.83. The highest BCUT2D eigenvalue weighted by molar-refractivity contribution is 8.00. The van der Waals surface area contributed by atoms with Crippen LogP contribution in [0.15, 0.2) is 23.6 Å². The lowest BCUT2D eigenvalue weighted by atomic mass is 10.7. The Balaban J connectivity index is 2.68. The van der Waals surface area contributed by atoms with E-state index >= 15 is 0 Å². The molecule has 82 valence electrons. The van der Waals surface area contributed by atoms with Crippen LogP contribution in [0, 0.1) is 0 Å². The van der Waals surface area contributed by atoms with Crippen LogP contribution < -0.4 is 0 Å². The molecule has 0 aliphatic carbocycles. The van der Waals surface area contributed by atoms with Gasteiger partial charge in [0.05, 0.1) is 6.61 Å². The van der Waals surface area contributed by atoms with Crippen LogP contribution in [0.4, 0.5) is 8.78 Å². The van der Waals surface area contributed by atoms with Crippen molar-refractivity contribution in [1.82, 2.24) is 9.97 Å². The summed E-state index contributed by atoms with van der Waals surface area (Å²) in [5.41, 5.74) is 0. The summed E-state index contributed by atoms with van der Waals surface area (Å²) in [6.45, 7) is 1.36. The lowest BCUT2D eigenvalue weighted by molar-refractivity contribution is -0.159. The molecule has 4 nitrogen and oxygen atoms in total. The number of thioether (sulfide) groups is 1. The minimum atomic E-state index is -3.66. The predicted molar refractivity (Wildman–Crippen MR) is 49.5 cm³/mol. The topological polar surface area (TPSA) is 52.1 Å². The maximum Gasteiger partial charge on any atom is 0.396 e. The van der Waals surface area contributed by atoms with Gasteiger partial charge in [0.25, 0.3) is 0 Å². The largest absolute Gasteiger partial charge is 0.461 e. The zero-order valence-corrected chi connectivity index (χ0v) is 8.63. The van der Waals surface area contributed by atoms with Crippen LogP contribution >= 0.6 is 11.8 Å². The molecule has 0 saturated heterocycles. The van der Waals surface area contributed by atoms with Crippen LogP contribution in [-0.4, -0.2) is 27.8 Å². The minimum Gasteiger partial charge on any atom is -0.461 e. The second kappa shape index (κ2) is 5.01. The number of aromatic nitrogens is 2. The van der Waals surface area contributed by atoms with Crippen molar-refractivity contribution in [3.8, 4) is 0 Å². The van der Waals surface area contributed by atoms with E-state index in [-0.39, 0.29) is 23.5 Å². The van der Waals surface area contributed by atoms with E-state index in [0.29, 0.717) is 0 Å². The van der Waals surface area contributed by atoms with Gasteiger partial charge >= 0.3 is 11.2 Å². The quantitative estimate of drug-likeness (QED) is 0.451. The Morgan fingerprint density at radius 2 is 2.13 bits per heavy atom. The number of carbonyl (C=O) groups is 1. The molecule has 0 unspecified atom stereocenters. The Kier molecular flexibility index (Phi) is 3.96. The maximum absolute atomic E-state index is 13.1. The summed E-state index contributed by atoms with van der Waals surface area (Å²) in [7, 11) is 0. The van der Waals surface area contributed by atoms with Crippen molar-refractivity contribution < 1.29 is 18.3 Å². The number of hydrogen-bond acceptors (Lipinski definition) is 5. The number of alkyl halides is 2. The third kappa shape index (κ3) is 3.43. The van der Waals surface area contributed by atoms with Gasteiger partial charge in [0.2, 0.25) is 0 Å². The van der Waals surface area contributed by atoms with Crippen LogP contribution in [0.5, 0.6) is 0 Å². The fourth-order valence-corrected chi connectivity index (χ4v) is 1.31. The molecule has 1 aromatic rings. The van der Waals surface area contributed by atoms with E-state index in [4.69, 9.17) is 0 Å². The van der Waals surface area contributed by atoms with E-state index < -0.39 is 11.2 Å². The molecule has 0 saturated carbocycles. The molecule has 0 amide bonds. The molecule has 0 radical (unpaired) electrons. The zero-order valence-electron chi connectivity index (χ0n) is 7.81. The predicted octanol–water partition coefficient (Wildman–Crippen LogP) is 1.72. The Morgan fingerprint density at radius 1 is 1.53 bits per heavy atom. The second-order valence-corrected chi connectivity index (χ2v) is 3.45. The van der Waals surface area contributed by atoms with Crippen molar-refractivity contribution in [2.75, 3.05) is 6.61 Å². The molecule has 0 fully saturated rings. The summed E-state index contributed by atoms with van der Waals surface area (Å²) < 4.78 is 30.4. The smallest absolute Gasteiger partial charge is 0.396 e. The molecule has 0 atom stereocenters. The highest BCUT2D eigenvalue weighted by Crippen LogP contribution is 2.34. The molecular weight excluding hydrogens is 226 g/mol. The summed E-state index contributed by atoms with van der Waals surface area (Å²) in [5.74, 6) is -1.58. The number of carbonyl (C=O) groups excluding carboxylic acids is 1. The Morgan fingerprint density at radius 3 is 2.67 bits per heavy atom. The monoisotopic (exact) mass is 234 g/mol. The second-order valence-electron chi connectivity index (χ2n) is 2.37. The van der Waals surface area contributed by atoms with Crippen molar-refractivity contribution >= 4 is 17.7 Å². The van der Waals surface area contributed by atoms with Crippen molar-refractivity contribution in [3.05, 3.63) is 18.5 Å². The molecule has 15 heavy (non-hydrogen) atoms. The molecule has 0 N–H and O–H groups in total. The molecule has 0 spiro atoms. The number of nitrogens with zero attached hydrogens (tertiary/aromatic N) is 2. The molecule has 0 aliphatic heterocycles. The van der Waals surface area contributed by atoms with Crippen LogP contribution in [0.3, 0.4) is 0 Å². The number of ether oxygens (including phenoxy) is 1. The Hall–Kier alpha value is -1.24. The van der Waals surface area contributed by atoms with Gasteiger partial charge in [-0.15, -0.1) is 0 Å². The first-order chi connectivity index (χ1) is 7.06. The number of rotatable bonds is 4. The number of halogens is 2. The first kappa shape index (κ1) is 11.8. The normalized spacial score (nSPS) is 11.1. The van der Waals surface area contributed by atoms with E-state index in [1.165, 1.54) is 25.4 Å². The average Bonchev–Trinajstić information content (AvgIpc) is 2.19. The first-order valence-electron chi connectivity index (χ1n) is 4.07. The highest BCUT2D eigenvalue weighted by atomic mass is 32.2. The molecule has 1 rings (SSSR count). The fourth-order valence-electron chi connectivity index (χ4n) is 0.710. The Labute approximate surface area is 89.1 Å². The van der Waals surface area contributed by atoms with E-state index in [1.807, 2.05) is 0 Å². The molecule has 0 bridgehead atoms. The van der Waals surface area contributed by atoms with Crippen molar-refractivity contribution in [2.45, 2.75) is 17.3 Å². The van der Waals surface area contributed by atoms with Gasteiger partial charge in [0.1, 0.15) is 0 Å². The number of hydrogen-bond donors (Lipinski definition) is 0. The highest BCUT2D eigenvalue weighted by Gasteiger charge is 2.43. The van der Waals surface area contributed by atoms with Gasteiger partial charge in [0, 0.05) is 24.2 Å². The van der Waals surface area contributed by atoms with Crippen molar-refractivity contribution in [1.29, 1.82) is 0 Å². The van der Waals surface area contributed by atoms with Gasteiger partial charge < -0.3 is 4.74 Å². The first-order valence-corrected chi connectivity index (χ1v) is 4.89. The van der Waals surface area contributed by atoms with Crippen LogP contribution in [0.1, 0.15) is 6.92 Å². The van der Waals surface area contributed by atoms with E-state index in [1.54, 1.807) is 0 Å². The van der Waals surface area contributed by atoms with E-state index in [0.717, 1.165) is 0 Å². The fraction of sp³-hybridized carbons (Fsp3) is 0.375. The summed E-state index contributed by atoms with van der Waals surface area (Å²) in [4.78, 5) is 18.0. The standard InChI is InChI=1S/C8H8F2N2O2S/c1-2-14-6(13)8(9,10)15-7-11-4-3-5-12-7/h3-5H,2H2,1H3. The molecule has 0 aromatic carbocycles. The SMILES string of the molecule is CCOC(=O)C(F)(F)Sc1ncccn1. The molecular formula is C8H8F2N2O2S. The molecule has 7 heteroatoms. The van der Waals surface area contributed by atoms with Gasteiger partial charge in [-0.2, -0.15) is 8.78 Å². The average molecular weight is 234 g/mol. The van der Waals surface area contributed by atoms with Gasteiger partial charge in [-0.3, -0.25) is 0 Å². The maximum atomic E-state index is 13.1. The minimum absolute atomic E-state index is 0.0362. The summed E-state index contributed by atoms with van der Waals surface area (Å²) in [6.07, 6.45) is 2.63. The molecule has 0 aliphatic rings. The van der Waals surface area contributed by atoms with Gasteiger partial charge in [-0.05, 0) is 13.0 Å². The van der Waals surface area contributed by atoms with Crippen LogP contribution in [0.2, 0.25) is 0 Å². The van der Waals surface area contributed by atoms with Crippen molar-refractivity contribution in [3.63, 3.8) is 0 Å². The van der Waals surface area contributed by atoms with Gasteiger partial charge in [-0.25, -0.2) is 14.8 Å². The van der Waals surface area contributed by atoms with Crippen LogP contribution in [0.25, 0.3) is 0 Å². The molecule has 1 aromatic heterocycles. The van der Waals surface area contributed by atoms with E-state index in [2.05, 4.69) is 14.7 Å². The summed E-state index contributed by atoms with van der Waals surface area (Å²) in [6, 6.07) is 1.49. The zero-order chi connectivity index (χ0) is 11.3. The van der Waals surface area contributed by atoms with Crippen molar-refractivity contribution in [2.24, 2.45) is 0 Å². The lowest BCUT2D eigenvalue weighted by Crippen LogP contribution is -2.27. The summed E-state index contributed by atoms with van der Waals surface area (Å²) >= 11 is -0.0362. The van der Waals surface area contributed by atoms with E-state index in [9.17, 15) is 13.6 Å². The van der Waals surface area contributed by atoms with Gasteiger partial charge in [0.15, 0.2) is 5.16 Å². The third-order valence-electron chi connectivity index (χ3n) is 1.27. The Bertz CT molecular complexity index is 335. The lowest BCUT2D eigenvalue weighted by Gasteiger charge is -2.12. The third-order valence-corrected chi connectivity index (χ3v) is 2.09. The molecule has 1 heterocycles.